The average molecular weight is 376 g/mol. The van der Waals surface area contributed by atoms with Gasteiger partial charge < -0.3 is 10.5 Å². The molecule has 0 radical (unpaired) electrons. The highest BCUT2D eigenvalue weighted by Crippen LogP contribution is 2.32. The van der Waals surface area contributed by atoms with E-state index in [1.54, 1.807) is 4.68 Å². The Balaban J connectivity index is 1.77. The molecule has 3 aromatic carbocycles. The normalized spacial score (nSPS) is 10.7. The Bertz CT molecular complexity index is 1050. The summed E-state index contributed by atoms with van der Waals surface area (Å²) in [6.07, 6.45) is 0. The molecule has 4 rings (SSSR count). The summed E-state index contributed by atoms with van der Waals surface area (Å²) in [7, 11) is 0. The number of ether oxygens (including phenoxy) is 1. The smallest absolute Gasteiger partial charge is 0.135 e. The number of para-hydroxylation sites is 1. The molecule has 0 saturated carbocycles. The van der Waals surface area contributed by atoms with E-state index in [0.717, 1.165) is 28.3 Å². The van der Waals surface area contributed by atoms with Crippen LogP contribution in [0.3, 0.4) is 0 Å². The van der Waals surface area contributed by atoms with Gasteiger partial charge in [0.2, 0.25) is 0 Å². The van der Waals surface area contributed by atoms with Gasteiger partial charge in [0.1, 0.15) is 23.9 Å². The van der Waals surface area contributed by atoms with Gasteiger partial charge in [0.15, 0.2) is 0 Å². The number of hydrogen-bond acceptors (Lipinski definition) is 3. The van der Waals surface area contributed by atoms with E-state index < -0.39 is 0 Å². The van der Waals surface area contributed by atoms with Crippen molar-refractivity contribution in [3.63, 3.8) is 0 Å². The number of nitrogens with zero attached hydrogens (tertiary/aromatic N) is 2. The van der Waals surface area contributed by atoms with Crippen LogP contribution in [-0.2, 0) is 6.61 Å². The highest BCUT2D eigenvalue weighted by molar-refractivity contribution is 6.30. The van der Waals surface area contributed by atoms with Crippen molar-refractivity contribution in [2.45, 2.75) is 6.61 Å². The van der Waals surface area contributed by atoms with Crippen LogP contribution in [0.4, 0.5) is 5.82 Å². The fourth-order valence-electron chi connectivity index (χ4n) is 2.97. The minimum atomic E-state index is 0.312. The van der Waals surface area contributed by atoms with Crippen molar-refractivity contribution < 1.29 is 4.74 Å². The average Bonchev–Trinajstić information content (AvgIpc) is 3.04. The third-order valence-electron chi connectivity index (χ3n) is 4.23. The van der Waals surface area contributed by atoms with Gasteiger partial charge in [0.05, 0.1) is 11.3 Å². The van der Waals surface area contributed by atoms with E-state index in [4.69, 9.17) is 27.2 Å². The van der Waals surface area contributed by atoms with Crippen LogP contribution in [0.15, 0.2) is 84.9 Å². The Kier molecular flexibility index (Phi) is 4.81. The lowest BCUT2D eigenvalue weighted by Gasteiger charge is -2.07. The second kappa shape index (κ2) is 7.56. The van der Waals surface area contributed by atoms with Crippen LogP contribution in [0.5, 0.6) is 5.75 Å². The van der Waals surface area contributed by atoms with Crippen LogP contribution in [-0.4, -0.2) is 9.78 Å². The molecule has 134 valence electrons. The van der Waals surface area contributed by atoms with Crippen LogP contribution >= 0.6 is 11.6 Å². The van der Waals surface area contributed by atoms with E-state index >= 15 is 0 Å². The first-order valence-corrected chi connectivity index (χ1v) is 8.97. The Morgan fingerprint density at radius 2 is 1.59 bits per heavy atom. The van der Waals surface area contributed by atoms with E-state index in [-0.39, 0.29) is 0 Å². The molecular formula is C22H18ClN3O. The van der Waals surface area contributed by atoms with Crippen molar-refractivity contribution in [2.24, 2.45) is 0 Å². The van der Waals surface area contributed by atoms with Crippen molar-refractivity contribution in [2.75, 3.05) is 5.73 Å². The second-order valence-electron chi connectivity index (χ2n) is 6.07. The van der Waals surface area contributed by atoms with Gasteiger partial charge in [-0.3, -0.25) is 0 Å². The van der Waals surface area contributed by atoms with Gasteiger partial charge in [-0.25, -0.2) is 4.68 Å². The molecule has 0 saturated heterocycles. The first-order chi connectivity index (χ1) is 13.2. The molecule has 4 nitrogen and oxygen atoms in total. The topological polar surface area (TPSA) is 53.1 Å². The van der Waals surface area contributed by atoms with Crippen LogP contribution in [0.25, 0.3) is 16.8 Å². The first-order valence-electron chi connectivity index (χ1n) is 8.59. The zero-order chi connectivity index (χ0) is 18.6. The Morgan fingerprint density at radius 1 is 0.889 bits per heavy atom. The summed E-state index contributed by atoms with van der Waals surface area (Å²) >= 11 is 6.15. The summed E-state index contributed by atoms with van der Waals surface area (Å²) in [6.45, 7) is 0.312. The van der Waals surface area contributed by atoms with Gasteiger partial charge >= 0.3 is 0 Å². The van der Waals surface area contributed by atoms with E-state index in [2.05, 4.69) is 0 Å². The van der Waals surface area contributed by atoms with Gasteiger partial charge in [0, 0.05) is 5.02 Å². The van der Waals surface area contributed by atoms with Crippen molar-refractivity contribution in [3.05, 3.63) is 95.6 Å². The number of hydrogen-bond donors (Lipinski definition) is 1. The molecule has 0 unspecified atom stereocenters. The Labute approximate surface area is 162 Å². The molecule has 0 aliphatic carbocycles. The Hall–Kier alpha value is -3.24. The van der Waals surface area contributed by atoms with Crippen molar-refractivity contribution in [1.29, 1.82) is 0 Å². The molecule has 0 amide bonds. The van der Waals surface area contributed by atoms with Gasteiger partial charge in [-0.05, 0) is 35.9 Å². The number of benzene rings is 3. The fraction of sp³-hybridized carbons (Fsp3) is 0.0455. The van der Waals surface area contributed by atoms with Crippen LogP contribution in [0.1, 0.15) is 5.69 Å². The molecule has 0 bridgehead atoms. The second-order valence-corrected chi connectivity index (χ2v) is 6.50. The number of nitrogen functional groups attached to an aromatic ring is 1. The molecule has 0 aliphatic heterocycles. The summed E-state index contributed by atoms with van der Waals surface area (Å²) in [5.74, 6) is 1.34. The minimum absolute atomic E-state index is 0.312. The van der Waals surface area contributed by atoms with Gasteiger partial charge in [-0.15, -0.1) is 0 Å². The largest absolute Gasteiger partial charge is 0.487 e. The van der Waals surface area contributed by atoms with Crippen molar-refractivity contribution in [3.8, 4) is 22.6 Å². The first kappa shape index (κ1) is 17.2. The van der Waals surface area contributed by atoms with Crippen molar-refractivity contribution >= 4 is 17.4 Å². The van der Waals surface area contributed by atoms with Crippen LogP contribution in [0.2, 0.25) is 5.02 Å². The van der Waals surface area contributed by atoms with E-state index in [1.807, 2.05) is 84.9 Å². The lowest BCUT2D eigenvalue weighted by atomic mass is 10.1. The SMILES string of the molecule is Nc1c(-c2ccccc2)c(COc2ccccc2)nn1-c1cccc(Cl)c1. The lowest BCUT2D eigenvalue weighted by Crippen LogP contribution is -2.02. The summed E-state index contributed by atoms with van der Waals surface area (Å²) in [4.78, 5) is 0. The fourth-order valence-corrected chi connectivity index (χ4v) is 3.16. The molecular weight excluding hydrogens is 358 g/mol. The highest BCUT2D eigenvalue weighted by atomic mass is 35.5. The highest BCUT2D eigenvalue weighted by Gasteiger charge is 2.19. The number of anilines is 1. The summed E-state index contributed by atoms with van der Waals surface area (Å²) in [6, 6.07) is 27.1. The molecule has 1 heterocycles. The summed E-state index contributed by atoms with van der Waals surface area (Å²) in [5, 5.41) is 5.35. The summed E-state index contributed by atoms with van der Waals surface area (Å²) < 4.78 is 7.63. The van der Waals surface area contributed by atoms with Crippen molar-refractivity contribution in [1.82, 2.24) is 9.78 Å². The maximum atomic E-state index is 6.49. The third kappa shape index (κ3) is 3.66. The zero-order valence-electron chi connectivity index (χ0n) is 14.5. The Morgan fingerprint density at radius 3 is 2.30 bits per heavy atom. The predicted molar refractivity (Wildman–Crippen MR) is 109 cm³/mol. The third-order valence-corrected chi connectivity index (χ3v) is 4.46. The number of nitrogens with two attached hydrogens (primary N) is 1. The number of aromatic nitrogens is 2. The van der Waals surface area contributed by atoms with Crippen LogP contribution < -0.4 is 10.5 Å². The zero-order valence-corrected chi connectivity index (χ0v) is 15.3. The molecule has 4 aromatic rings. The van der Waals surface area contributed by atoms with Gasteiger partial charge in [-0.2, -0.15) is 5.10 Å². The standard InChI is InChI=1S/C22H18ClN3O/c23-17-10-7-11-18(14-17)26-22(24)21(16-8-3-1-4-9-16)20(25-26)15-27-19-12-5-2-6-13-19/h1-14H,15,24H2. The summed E-state index contributed by atoms with van der Waals surface area (Å²) in [5.41, 5.74) is 9.93. The number of rotatable bonds is 5. The number of halogens is 1. The minimum Gasteiger partial charge on any atom is -0.487 e. The van der Waals surface area contributed by atoms with Crippen LogP contribution in [0, 0.1) is 0 Å². The van der Waals surface area contributed by atoms with Gasteiger partial charge in [0.25, 0.3) is 0 Å². The monoisotopic (exact) mass is 375 g/mol. The van der Waals surface area contributed by atoms with E-state index in [0.29, 0.717) is 17.4 Å². The molecule has 1 aromatic heterocycles. The molecule has 0 aliphatic rings. The lowest BCUT2D eigenvalue weighted by molar-refractivity contribution is 0.301. The quantitative estimate of drug-likeness (QED) is 0.511. The maximum Gasteiger partial charge on any atom is 0.135 e. The maximum absolute atomic E-state index is 6.49. The van der Waals surface area contributed by atoms with Gasteiger partial charge in [-0.1, -0.05) is 66.2 Å². The molecule has 0 spiro atoms. The van der Waals surface area contributed by atoms with E-state index in [9.17, 15) is 0 Å². The molecule has 2 N–H and O–H groups in total. The molecule has 5 heteroatoms. The molecule has 0 fully saturated rings. The van der Waals surface area contributed by atoms with E-state index in [1.165, 1.54) is 0 Å². The molecule has 27 heavy (non-hydrogen) atoms. The predicted octanol–water partition coefficient (Wildman–Crippen LogP) is 5.35. The molecule has 0 atom stereocenters.